The summed E-state index contributed by atoms with van der Waals surface area (Å²) in [6.45, 7) is 2.22. The van der Waals surface area contributed by atoms with Gasteiger partial charge in [0.25, 0.3) is 0 Å². The molecule has 0 amide bonds. The maximum atomic E-state index is 11.8. The van der Waals surface area contributed by atoms with Crippen LogP contribution in [0.4, 0.5) is 0 Å². The highest BCUT2D eigenvalue weighted by Gasteiger charge is 2.23. The van der Waals surface area contributed by atoms with E-state index in [4.69, 9.17) is 4.74 Å². The number of thiol groups is 1. The minimum Gasteiger partial charge on any atom is -0.458 e. The zero-order valence-corrected chi connectivity index (χ0v) is 11.0. The lowest BCUT2D eigenvalue weighted by Gasteiger charge is -2.26. The number of ether oxygens (including phenoxy) is 1. The third-order valence-electron chi connectivity index (χ3n) is 2.95. The van der Waals surface area contributed by atoms with Crippen LogP contribution in [0.1, 0.15) is 42.3 Å². The van der Waals surface area contributed by atoms with E-state index < -0.39 is 0 Å². The molecular formula is C12H16O2S2. The third-order valence-corrected chi connectivity index (χ3v) is 4.29. The Bertz CT molecular complexity index is 373. The summed E-state index contributed by atoms with van der Waals surface area (Å²) in [6, 6.07) is 1.77. The molecule has 1 fully saturated rings. The minimum absolute atomic E-state index is 0.113. The highest BCUT2D eigenvalue weighted by molar-refractivity contribution is 7.80. The van der Waals surface area contributed by atoms with Gasteiger partial charge in [0, 0.05) is 10.3 Å². The van der Waals surface area contributed by atoms with Crippen molar-refractivity contribution in [3.8, 4) is 0 Å². The number of carbonyl (C=O) groups excluding carboxylic acids is 1. The van der Waals surface area contributed by atoms with Crippen molar-refractivity contribution >= 4 is 29.9 Å². The molecule has 0 spiro atoms. The van der Waals surface area contributed by atoms with E-state index in [2.05, 4.69) is 19.6 Å². The molecule has 2 unspecified atom stereocenters. The van der Waals surface area contributed by atoms with Crippen LogP contribution in [0.5, 0.6) is 0 Å². The Labute approximate surface area is 105 Å². The summed E-state index contributed by atoms with van der Waals surface area (Å²) in [5, 5.41) is 1.85. The van der Waals surface area contributed by atoms with E-state index in [0.29, 0.717) is 10.8 Å². The van der Waals surface area contributed by atoms with Crippen LogP contribution >= 0.6 is 24.0 Å². The van der Waals surface area contributed by atoms with E-state index in [0.717, 1.165) is 17.7 Å². The molecule has 0 N–H and O–H groups in total. The van der Waals surface area contributed by atoms with Gasteiger partial charge in [0.05, 0.1) is 0 Å². The zero-order chi connectivity index (χ0) is 11.5. The van der Waals surface area contributed by atoms with Crippen molar-refractivity contribution in [3.05, 3.63) is 16.3 Å². The molecule has 1 aromatic heterocycles. The molecule has 1 heterocycles. The molecule has 88 valence electrons. The Kier molecular flexibility index (Phi) is 3.92. The molecule has 2 nitrogen and oxygen atoms in total. The van der Waals surface area contributed by atoms with Gasteiger partial charge in [-0.3, -0.25) is 0 Å². The Morgan fingerprint density at radius 1 is 1.56 bits per heavy atom. The van der Waals surface area contributed by atoms with Gasteiger partial charge in [-0.15, -0.1) is 24.0 Å². The number of hydrogen-bond donors (Lipinski definition) is 1. The lowest BCUT2D eigenvalue weighted by atomic mass is 9.89. The Morgan fingerprint density at radius 2 is 2.38 bits per heavy atom. The van der Waals surface area contributed by atoms with Crippen LogP contribution < -0.4 is 0 Å². The van der Waals surface area contributed by atoms with Gasteiger partial charge in [0.1, 0.15) is 11.0 Å². The van der Waals surface area contributed by atoms with Crippen molar-refractivity contribution in [2.75, 3.05) is 0 Å². The summed E-state index contributed by atoms with van der Waals surface area (Å²) in [6.07, 6.45) is 4.55. The van der Waals surface area contributed by atoms with Gasteiger partial charge in [-0.05, 0) is 31.2 Å². The van der Waals surface area contributed by atoms with Gasteiger partial charge >= 0.3 is 5.97 Å². The fourth-order valence-corrected chi connectivity index (χ4v) is 3.16. The lowest BCUT2D eigenvalue weighted by Crippen LogP contribution is -2.24. The number of hydrogen-bond acceptors (Lipinski definition) is 4. The van der Waals surface area contributed by atoms with Crippen LogP contribution in [0.2, 0.25) is 0 Å². The molecule has 0 radical (unpaired) electrons. The van der Waals surface area contributed by atoms with Crippen LogP contribution in [0, 0.1) is 5.92 Å². The summed E-state index contributed by atoms with van der Waals surface area (Å²) in [7, 11) is 0. The molecule has 0 aliphatic heterocycles. The largest absolute Gasteiger partial charge is 0.458 e. The summed E-state index contributed by atoms with van der Waals surface area (Å²) in [4.78, 5) is 13.3. The minimum atomic E-state index is -0.190. The predicted molar refractivity (Wildman–Crippen MR) is 68.4 cm³/mol. The smallest absolute Gasteiger partial charge is 0.348 e. The van der Waals surface area contributed by atoms with Crippen LogP contribution in [-0.2, 0) is 4.74 Å². The molecule has 2 rings (SSSR count). The van der Waals surface area contributed by atoms with E-state index >= 15 is 0 Å². The van der Waals surface area contributed by atoms with Crippen molar-refractivity contribution in [2.45, 2.75) is 43.6 Å². The fourth-order valence-electron chi connectivity index (χ4n) is 2.13. The van der Waals surface area contributed by atoms with Crippen molar-refractivity contribution in [1.29, 1.82) is 0 Å². The molecule has 1 aromatic rings. The highest BCUT2D eigenvalue weighted by atomic mass is 32.1. The maximum absolute atomic E-state index is 11.8. The number of rotatable bonds is 2. The Balaban J connectivity index is 1.92. The van der Waals surface area contributed by atoms with E-state index in [1.807, 2.05) is 5.38 Å². The quantitative estimate of drug-likeness (QED) is 0.644. The van der Waals surface area contributed by atoms with E-state index in [1.54, 1.807) is 6.07 Å². The first-order chi connectivity index (χ1) is 7.65. The Hall–Kier alpha value is -0.480. The molecule has 0 aromatic carbocycles. The molecule has 1 saturated carbocycles. The molecule has 1 aliphatic carbocycles. The fraction of sp³-hybridized carbons (Fsp3) is 0.583. The summed E-state index contributed by atoms with van der Waals surface area (Å²) in [5.74, 6) is 0.486. The highest BCUT2D eigenvalue weighted by Crippen LogP contribution is 2.27. The molecule has 0 saturated heterocycles. The van der Waals surface area contributed by atoms with Gasteiger partial charge in [-0.1, -0.05) is 13.3 Å². The monoisotopic (exact) mass is 256 g/mol. The summed E-state index contributed by atoms with van der Waals surface area (Å²) in [5.41, 5.74) is 0. The van der Waals surface area contributed by atoms with Crippen LogP contribution in [0.25, 0.3) is 0 Å². The second-order valence-electron chi connectivity index (χ2n) is 4.47. The van der Waals surface area contributed by atoms with Gasteiger partial charge in [0.15, 0.2) is 0 Å². The van der Waals surface area contributed by atoms with E-state index in [1.165, 1.54) is 24.2 Å². The van der Waals surface area contributed by atoms with E-state index in [9.17, 15) is 4.79 Å². The second kappa shape index (κ2) is 5.23. The number of esters is 1. The molecule has 0 bridgehead atoms. The second-order valence-corrected chi connectivity index (χ2v) is 5.90. The first kappa shape index (κ1) is 12.0. The van der Waals surface area contributed by atoms with E-state index in [-0.39, 0.29) is 12.1 Å². The SMILES string of the molecule is CC1CCCC(OC(=O)c2cc(S)cs2)C1. The molecule has 16 heavy (non-hydrogen) atoms. The van der Waals surface area contributed by atoms with Crippen molar-refractivity contribution in [1.82, 2.24) is 0 Å². The molecule has 2 atom stereocenters. The normalized spacial score (nSPS) is 25.4. The summed E-state index contributed by atoms with van der Waals surface area (Å²) >= 11 is 5.58. The van der Waals surface area contributed by atoms with Crippen LogP contribution in [0.15, 0.2) is 16.3 Å². The average molecular weight is 256 g/mol. The lowest BCUT2D eigenvalue weighted by molar-refractivity contribution is 0.0160. The zero-order valence-electron chi connectivity index (χ0n) is 9.31. The van der Waals surface area contributed by atoms with Gasteiger partial charge in [0.2, 0.25) is 0 Å². The number of carbonyl (C=O) groups is 1. The summed E-state index contributed by atoms with van der Waals surface area (Å²) < 4.78 is 5.50. The third kappa shape index (κ3) is 3.01. The van der Waals surface area contributed by atoms with Crippen molar-refractivity contribution < 1.29 is 9.53 Å². The van der Waals surface area contributed by atoms with Crippen LogP contribution in [-0.4, -0.2) is 12.1 Å². The van der Waals surface area contributed by atoms with Gasteiger partial charge in [-0.25, -0.2) is 4.79 Å². The van der Waals surface area contributed by atoms with Crippen molar-refractivity contribution in [2.24, 2.45) is 5.92 Å². The Morgan fingerprint density at radius 3 is 3.00 bits per heavy atom. The van der Waals surface area contributed by atoms with Gasteiger partial charge < -0.3 is 4.74 Å². The van der Waals surface area contributed by atoms with Gasteiger partial charge in [-0.2, -0.15) is 0 Å². The number of thiophene rings is 1. The van der Waals surface area contributed by atoms with Crippen molar-refractivity contribution in [3.63, 3.8) is 0 Å². The first-order valence-electron chi connectivity index (χ1n) is 5.63. The molecular weight excluding hydrogens is 240 g/mol. The first-order valence-corrected chi connectivity index (χ1v) is 6.96. The molecule has 4 heteroatoms. The molecule has 1 aliphatic rings. The predicted octanol–water partition coefficient (Wildman–Crippen LogP) is 3.77. The van der Waals surface area contributed by atoms with Crippen LogP contribution in [0.3, 0.4) is 0 Å². The maximum Gasteiger partial charge on any atom is 0.348 e. The average Bonchev–Trinajstić information content (AvgIpc) is 2.65. The topological polar surface area (TPSA) is 26.3 Å². The standard InChI is InChI=1S/C12H16O2S2/c1-8-3-2-4-9(5-8)14-12(13)11-6-10(15)7-16-11/h6-9,15H,2-5H2,1H3.